The summed E-state index contributed by atoms with van der Waals surface area (Å²) < 4.78 is 50.8. The SMILES string of the molecule is OC1(C(F)(F)F)CC(c2ccc(-c3ccc(F)nc3)cc2)=NO1. The number of oxime groups is 1. The third-order valence-corrected chi connectivity index (χ3v) is 3.44. The van der Waals surface area contributed by atoms with Crippen LogP contribution in [0.1, 0.15) is 12.0 Å². The first-order chi connectivity index (χ1) is 10.8. The number of rotatable bonds is 2. The van der Waals surface area contributed by atoms with Gasteiger partial charge in [-0.1, -0.05) is 29.4 Å². The van der Waals surface area contributed by atoms with Crippen LogP contribution in [0.2, 0.25) is 0 Å². The summed E-state index contributed by atoms with van der Waals surface area (Å²) in [5, 5.41) is 12.7. The second-order valence-corrected chi connectivity index (χ2v) is 5.04. The van der Waals surface area contributed by atoms with E-state index in [2.05, 4.69) is 15.0 Å². The number of benzene rings is 1. The van der Waals surface area contributed by atoms with Crippen molar-refractivity contribution in [1.29, 1.82) is 0 Å². The molecule has 2 aromatic rings. The fourth-order valence-corrected chi connectivity index (χ4v) is 2.13. The summed E-state index contributed by atoms with van der Waals surface area (Å²) in [7, 11) is 0. The van der Waals surface area contributed by atoms with Crippen LogP contribution in [0.3, 0.4) is 0 Å². The van der Waals surface area contributed by atoms with E-state index in [1.54, 1.807) is 24.3 Å². The van der Waals surface area contributed by atoms with Crippen LogP contribution < -0.4 is 0 Å². The summed E-state index contributed by atoms with van der Waals surface area (Å²) in [4.78, 5) is 7.70. The maximum absolute atomic E-state index is 12.8. The number of halogens is 4. The van der Waals surface area contributed by atoms with Gasteiger partial charge in [-0.25, -0.2) is 4.98 Å². The predicted octanol–water partition coefficient (Wildman–Crippen LogP) is 3.26. The van der Waals surface area contributed by atoms with E-state index in [0.717, 1.165) is 0 Å². The molecular formula is C15H10F4N2O2. The van der Waals surface area contributed by atoms with Crippen molar-refractivity contribution in [1.82, 2.24) is 4.98 Å². The summed E-state index contributed by atoms with van der Waals surface area (Å²) in [5.74, 6) is -3.89. The number of alkyl halides is 3. The van der Waals surface area contributed by atoms with Crippen LogP contribution in [-0.4, -0.2) is 27.8 Å². The molecule has 0 radical (unpaired) electrons. The van der Waals surface area contributed by atoms with E-state index in [0.29, 0.717) is 16.7 Å². The van der Waals surface area contributed by atoms with Crippen molar-refractivity contribution in [3.8, 4) is 11.1 Å². The van der Waals surface area contributed by atoms with E-state index >= 15 is 0 Å². The number of pyridine rings is 1. The normalized spacial score (nSPS) is 21.0. The largest absolute Gasteiger partial charge is 0.458 e. The molecule has 1 unspecified atom stereocenters. The van der Waals surface area contributed by atoms with Gasteiger partial charge in [-0.05, 0) is 23.3 Å². The van der Waals surface area contributed by atoms with Crippen LogP contribution in [0, 0.1) is 5.95 Å². The van der Waals surface area contributed by atoms with Gasteiger partial charge in [-0.15, -0.1) is 0 Å². The minimum atomic E-state index is -4.93. The molecule has 1 N–H and O–H groups in total. The van der Waals surface area contributed by atoms with Crippen LogP contribution >= 0.6 is 0 Å². The van der Waals surface area contributed by atoms with Crippen molar-refractivity contribution in [2.75, 3.05) is 0 Å². The molecule has 0 spiro atoms. The highest BCUT2D eigenvalue weighted by atomic mass is 19.4. The van der Waals surface area contributed by atoms with E-state index in [1.807, 2.05) is 0 Å². The van der Waals surface area contributed by atoms with Crippen LogP contribution in [0.15, 0.2) is 47.8 Å². The van der Waals surface area contributed by atoms with Gasteiger partial charge in [0.05, 0.1) is 12.1 Å². The average molecular weight is 326 g/mol. The average Bonchev–Trinajstić information content (AvgIpc) is 2.92. The smallest absolute Gasteiger partial charge is 0.350 e. The van der Waals surface area contributed by atoms with E-state index < -0.39 is 24.3 Å². The molecule has 4 nitrogen and oxygen atoms in total. The lowest BCUT2D eigenvalue weighted by atomic mass is 9.99. The lowest BCUT2D eigenvalue weighted by Gasteiger charge is -2.22. The molecule has 0 saturated carbocycles. The number of hydrogen-bond acceptors (Lipinski definition) is 4. The van der Waals surface area contributed by atoms with E-state index in [-0.39, 0.29) is 5.71 Å². The first-order valence-electron chi connectivity index (χ1n) is 6.55. The Morgan fingerprint density at radius 1 is 1.00 bits per heavy atom. The van der Waals surface area contributed by atoms with Gasteiger partial charge in [0.25, 0.3) is 0 Å². The maximum atomic E-state index is 12.8. The van der Waals surface area contributed by atoms with Crippen LogP contribution in [0.5, 0.6) is 0 Å². The topological polar surface area (TPSA) is 54.7 Å². The number of nitrogens with zero attached hydrogens (tertiary/aromatic N) is 2. The highest BCUT2D eigenvalue weighted by Gasteiger charge is 2.60. The van der Waals surface area contributed by atoms with Crippen LogP contribution in [-0.2, 0) is 4.84 Å². The Labute approximate surface area is 128 Å². The summed E-state index contributed by atoms with van der Waals surface area (Å²) in [5.41, 5.74) is 1.76. The zero-order chi connectivity index (χ0) is 16.7. The molecule has 1 aromatic heterocycles. The first-order valence-corrected chi connectivity index (χ1v) is 6.55. The van der Waals surface area contributed by atoms with E-state index in [9.17, 15) is 22.7 Å². The minimum absolute atomic E-state index is 0.00592. The van der Waals surface area contributed by atoms with E-state index in [1.165, 1.54) is 18.3 Å². The van der Waals surface area contributed by atoms with Crippen LogP contribution in [0.25, 0.3) is 11.1 Å². The van der Waals surface area contributed by atoms with Gasteiger partial charge in [0.15, 0.2) is 0 Å². The van der Waals surface area contributed by atoms with Crippen molar-refractivity contribution < 1.29 is 27.5 Å². The molecule has 8 heteroatoms. The number of aliphatic hydroxyl groups is 1. The van der Waals surface area contributed by atoms with Crippen molar-refractivity contribution in [3.05, 3.63) is 54.1 Å². The molecule has 1 aliphatic heterocycles. The number of hydrogen-bond donors (Lipinski definition) is 1. The van der Waals surface area contributed by atoms with Crippen molar-refractivity contribution in [2.45, 2.75) is 18.4 Å². The zero-order valence-corrected chi connectivity index (χ0v) is 11.5. The Bertz CT molecular complexity index is 742. The first kappa shape index (κ1) is 15.4. The third-order valence-electron chi connectivity index (χ3n) is 3.44. The predicted molar refractivity (Wildman–Crippen MR) is 72.9 cm³/mol. The summed E-state index contributed by atoms with van der Waals surface area (Å²) >= 11 is 0. The Morgan fingerprint density at radius 2 is 1.61 bits per heavy atom. The highest BCUT2D eigenvalue weighted by molar-refractivity contribution is 6.01. The molecule has 2 heterocycles. The van der Waals surface area contributed by atoms with Crippen LogP contribution in [0.4, 0.5) is 17.6 Å². The van der Waals surface area contributed by atoms with Gasteiger partial charge in [0, 0.05) is 11.8 Å². The van der Waals surface area contributed by atoms with Gasteiger partial charge in [0.2, 0.25) is 5.95 Å². The quantitative estimate of drug-likeness (QED) is 0.681. The summed E-state index contributed by atoms with van der Waals surface area (Å²) in [6, 6.07) is 9.11. The van der Waals surface area contributed by atoms with Gasteiger partial charge in [0.1, 0.15) is 0 Å². The molecule has 0 fully saturated rings. The van der Waals surface area contributed by atoms with Gasteiger partial charge < -0.3 is 9.94 Å². The molecule has 23 heavy (non-hydrogen) atoms. The molecular weight excluding hydrogens is 316 g/mol. The molecule has 120 valence electrons. The van der Waals surface area contributed by atoms with Gasteiger partial charge in [-0.3, -0.25) is 0 Å². The molecule has 0 saturated heterocycles. The lowest BCUT2D eigenvalue weighted by Crippen LogP contribution is -2.45. The van der Waals surface area contributed by atoms with Gasteiger partial charge >= 0.3 is 12.0 Å². The molecule has 1 aromatic carbocycles. The Hall–Kier alpha value is -2.48. The molecule has 1 atom stereocenters. The molecule has 0 bridgehead atoms. The Balaban J connectivity index is 1.80. The lowest BCUT2D eigenvalue weighted by molar-refractivity contribution is -0.355. The number of aromatic nitrogens is 1. The standard InChI is InChI=1S/C15H10F4N2O2/c16-13-6-5-11(8-20-13)9-1-3-10(4-2-9)12-7-14(22,23-21-12)15(17,18)19/h1-6,8,22H,7H2. The molecule has 0 amide bonds. The minimum Gasteiger partial charge on any atom is -0.350 e. The fourth-order valence-electron chi connectivity index (χ4n) is 2.13. The Kier molecular flexibility index (Phi) is 3.56. The highest BCUT2D eigenvalue weighted by Crippen LogP contribution is 2.39. The van der Waals surface area contributed by atoms with Crippen molar-refractivity contribution in [3.63, 3.8) is 0 Å². The van der Waals surface area contributed by atoms with Crippen molar-refractivity contribution >= 4 is 5.71 Å². The fraction of sp³-hybridized carbons (Fsp3) is 0.200. The second kappa shape index (κ2) is 5.31. The zero-order valence-electron chi connectivity index (χ0n) is 11.5. The van der Waals surface area contributed by atoms with Crippen molar-refractivity contribution in [2.24, 2.45) is 5.16 Å². The maximum Gasteiger partial charge on any atom is 0.458 e. The monoisotopic (exact) mass is 326 g/mol. The molecule has 0 aliphatic carbocycles. The summed E-state index contributed by atoms with van der Waals surface area (Å²) in [6.07, 6.45) is -4.37. The molecule has 3 rings (SSSR count). The third kappa shape index (κ3) is 2.89. The second-order valence-electron chi connectivity index (χ2n) is 5.04. The van der Waals surface area contributed by atoms with E-state index in [4.69, 9.17) is 0 Å². The summed E-state index contributed by atoms with van der Waals surface area (Å²) in [6.45, 7) is 0. The van der Waals surface area contributed by atoms with Gasteiger partial charge in [-0.2, -0.15) is 17.6 Å². The Morgan fingerprint density at radius 3 is 2.13 bits per heavy atom. The molecule has 1 aliphatic rings.